The Balaban J connectivity index is 2.88. The first kappa shape index (κ1) is 13.2. The Morgan fingerprint density at radius 3 is 2.75 bits per heavy atom. The standard InChI is InChI=1S/C12H16BrNO2/c1-9(8-16-3)14(2)11-5-4-10(7-15)12(13)6-11/h4-7,9H,8H2,1-3H3. The molecule has 0 bridgehead atoms. The van der Waals surface area contributed by atoms with Gasteiger partial charge >= 0.3 is 0 Å². The predicted molar refractivity (Wildman–Crippen MR) is 69.3 cm³/mol. The molecule has 0 aromatic heterocycles. The normalized spacial score (nSPS) is 12.2. The second kappa shape index (κ2) is 6.01. The van der Waals surface area contributed by atoms with E-state index in [1.165, 1.54) is 0 Å². The highest BCUT2D eigenvalue weighted by molar-refractivity contribution is 9.10. The number of halogens is 1. The number of anilines is 1. The van der Waals surface area contributed by atoms with Crippen LogP contribution in [-0.4, -0.2) is 33.1 Å². The lowest BCUT2D eigenvalue weighted by Crippen LogP contribution is -2.32. The van der Waals surface area contributed by atoms with E-state index < -0.39 is 0 Å². The Hall–Kier alpha value is -0.870. The highest BCUT2D eigenvalue weighted by Crippen LogP contribution is 2.23. The molecular formula is C12H16BrNO2. The maximum atomic E-state index is 10.7. The largest absolute Gasteiger partial charge is 0.383 e. The number of methoxy groups -OCH3 is 1. The van der Waals surface area contributed by atoms with E-state index in [1.54, 1.807) is 7.11 Å². The Kier molecular flexibility index (Phi) is 4.96. The minimum Gasteiger partial charge on any atom is -0.383 e. The maximum Gasteiger partial charge on any atom is 0.151 e. The zero-order valence-corrected chi connectivity index (χ0v) is 11.3. The molecule has 1 unspecified atom stereocenters. The van der Waals surface area contributed by atoms with Crippen LogP contribution in [0.3, 0.4) is 0 Å². The molecule has 0 aliphatic carbocycles. The average Bonchev–Trinajstić information content (AvgIpc) is 2.28. The van der Waals surface area contributed by atoms with Gasteiger partial charge in [0, 0.05) is 35.9 Å². The second-order valence-electron chi connectivity index (χ2n) is 3.74. The van der Waals surface area contributed by atoms with Crippen LogP contribution in [0.5, 0.6) is 0 Å². The van der Waals surface area contributed by atoms with Gasteiger partial charge in [0.15, 0.2) is 6.29 Å². The molecule has 0 radical (unpaired) electrons. The van der Waals surface area contributed by atoms with Crippen molar-refractivity contribution in [2.75, 3.05) is 25.7 Å². The van der Waals surface area contributed by atoms with E-state index in [9.17, 15) is 4.79 Å². The summed E-state index contributed by atoms with van der Waals surface area (Å²) in [5, 5.41) is 0. The number of likely N-dealkylation sites (N-methyl/N-ethyl adjacent to an activating group) is 1. The number of hydrogen-bond acceptors (Lipinski definition) is 3. The minimum atomic E-state index is 0.291. The van der Waals surface area contributed by atoms with E-state index in [4.69, 9.17) is 4.74 Å². The Labute approximate surface area is 105 Å². The summed E-state index contributed by atoms with van der Waals surface area (Å²) in [4.78, 5) is 12.8. The van der Waals surface area contributed by atoms with Gasteiger partial charge in [0.25, 0.3) is 0 Å². The van der Waals surface area contributed by atoms with Crippen molar-refractivity contribution in [3.8, 4) is 0 Å². The Morgan fingerprint density at radius 1 is 1.56 bits per heavy atom. The fourth-order valence-electron chi connectivity index (χ4n) is 1.44. The molecule has 4 heteroatoms. The number of rotatable bonds is 5. The number of nitrogens with zero attached hydrogens (tertiary/aromatic N) is 1. The van der Waals surface area contributed by atoms with Crippen molar-refractivity contribution >= 4 is 27.9 Å². The van der Waals surface area contributed by atoms with E-state index in [2.05, 4.69) is 27.8 Å². The van der Waals surface area contributed by atoms with Gasteiger partial charge in [-0.05, 0) is 41.1 Å². The molecule has 0 aliphatic heterocycles. The molecule has 0 fully saturated rings. The van der Waals surface area contributed by atoms with Gasteiger partial charge in [-0.1, -0.05) is 0 Å². The van der Waals surface area contributed by atoms with Crippen molar-refractivity contribution in [2.45, 2.75) is 13.0 Å². The number of carbonyl (C=O) groups excluding carboxylic acids is 1. The number of ether oxygens (including phenoxy) is 1. The van der Waals surface area contributed by atoms with E-state index in [0.717, 1.165) is 16.4 Å². The van der Waals surface area contributed by atoms with Gasteiger partial charge in [0.2, 0.25) is 0 Å². The van der Waals surface area contributed by atoms with Crippen molar-refractivity contribution in [2.24, 2.45) is 0 Å². The van der Waals surface area contributed by atoms with E-state index in [1.807, 2.05) is 25.2 Å². The summed E-state index contributed by atoms with van der Waals surface area (Å²) in [6, 6.07) is 5.97. The molecule has 16 heavy (non-hydrogen) atoms. The van der Waals surface area contributed by atoms with Crippen LogP contribution < -0.4 is 4.90 Å². The average molecular weight is 286 g/mol. The summed E-state index contributed by atoms with van der Waals surface area (Å²) < 4.78 is 5.93. The molecule has 0 N–H and O–H groups in total. The summed E-state index contributed by atoms with van der Waals surface area (Å²) in [5.74, 6) is 0. The summed E-state index contributed by atoms with van der Waals surface area (Å²) in [5.41, 5.74) is 1.72. The van der Waals surface area contributed by atoms with Crippen molar-refractivity contribution in [1.29, 1.82) is 0 Å². The third kappa shape index (κ3) is 3.06. The summed E-state index contributed by atoms with van der Waals surface area (Å²) in [6.45, 7) is 2.76. The number of aldehydes is 1. The van der Waals surface area contributed by atoms with Gasteiger partial charge < -0.3 is 9.64 Å². The Bertz CT molecular complexity index is 368. The highest BCUT2D eigenvalue weighted by Gasteiger charge is 2.10. The molecule has 0 spiro atoms. The quantitative estimate of drug-likeness (QED) is 0.779. The molecule has 88 valence electrons. The van der Waals surface area contributed by atoms with Gasteiger partial charge in [0.05, 0.1) is 6.61 Å². The first-order chi connectivity index (χ1) is 7.60. The zero-order valence-electron chi connectivity index (χ0n) is 9.74. The molecule has 1 aromatic carbocycles. The SMILES string of the molecule is COCC(C)N(C)c1ccc(C=O)c(Br)c1. The summed E-state index contributed by atoms with van der Waals surface area (Å²) in [6.07, 6.45) is 0.840. The van der Waals surface area contributed by atoms with Crippen LogP contribution in [0.2, 0.25) is 0 Å². The monoisotopic (exact) mass is 285 g/mol. The third-order valence-electron chi connectivity index (χ3n) is 2.59. The van der Waals surface area contributed by atoms with Crippen molar-refractivity contribution < 1.29 is 9.53 Å². The highest BCUT2D eigenvalue weighted by atomic mass is 79.9. The number of benzene rings is 1. The summed E-state index contributed by atoms with van der Waals surface area (Å²) in [7, 11) is 3.70. The van der Waals surface area contributed by atoms with Crippen LogP contribution in [0.1, 0.15) is 17.3 Å². The van der Waals surface area contributed by atoms with E-state index in [0.29, 0.717) is 18.2 Å². The van der Waals surface area contributed by atoms with Gasteiger partial charge in [-0.2, -0.15) is 0 Å². The minimum absolute atomic E-state index is 0.291. The molecule has 1 rings (SSSR count). The van der Waals surface area contributed by atoms with E-state index in [-0.39, 0.29) is 0 Å². The van der Waals surface area contributed by atoms with Crippen LogP contribution in [0, 0.1) is 0 Å². The molecule has 0 amide bonds. The van der Waals surface area contributed by atoms with Gasteiger partial charge in [-0.25, -0.2) is 0 Å². The lowest BCUT2D eigenvalue weighted by Gasteiger charge is -2.26. The van der Waals surface area contributed by atoms with Crippen LogP contribution in [-0.2, 0) is 4.74 Å². The number of hydrogen-bond donors (Lipinski definition) is 0. The maximum absolute atomic E-state index is 10.7. The topological polar surface area (TPSA) is 29.5 Å². The molecule has 0 aliphatic rings. The smallest absolute Gasteiger partial charge is 0.151 e. The lowest BCUT2D eigenvalue weighted by molar-refractivity contribution is 0.112. The number of carbonyl (C=O) groups is 1. The van der Waals surface area contributed by atoms with Crippen LogP contribution in [0.4, 0.5) is 5.69 Å². The molecule has 1 atom stereocenters. The molecule has 1 aromatic rings. The van der Waals surface area contributed by atoms with Crippen molar-refractivity contribution in [3.05, 3.63) is 28.2 Å². The van der Waals surface area contributed by atoms with Crippen LogP contribution in [0.15, 0.2) is 22.7 Å². The van der Waals surface area contributed by atoms with Crippen LogP contribution in [0.25, 0.3) is 0 Å². The predicted octanol–water partition coefficient (Wildman–Crippen LogP) is 2.73. The lowest BCUT2D eigenvalue weighted by atomic mass is 10.2. The van der Waals surface area contributed by atoms with Crippen LogP contribution >= 0.6 is 15.9 Å². The van der Waals surface area contributed by atoms with Crippen molar-refractivity contribution in [1.82, 2.24) is 0 Å². The fraction of sp³-hybridized carbons (Fsp3) is 0.417. The zero-order chi connectivity index (χ0) is 12.1. The summed E-state index contributed by atoms with van der Waals surface area (Å²) >= 11 is 3.37. The van der Waals surface area contributed by atoms with Gasteiger partial charge in [-0.15, -0.1) is 0 Å². The molecule has 0 saturated carbocycles. The van der Waals surface area contributed by atoms with Crippen molar-refractivity contribution in [3.63, 3.8) is 0 Å². The van der Waals surface area contributed by atoms with Gasteiger partial charge in [-0.3, -0.25) is 4.79 Å². The first-order valence-corrected chi connectivity index (χ1v) is 5.86. The molecular weight excluding hydrogens is 270 g/mol. The second-order valence-corrected chi connectivity index (χ2v) is 4.59. The first-order valence-electron chi connectivity index (χ1n) is 5.06. The fourth-order valence-corrected chi connectivity index (χ4v) is 1.90. The molecule has 0 heterocycles. The van der Waals surface area contributed by atoms with Gasteiger partial charge in [0.1, 0.15) is 0 Å². The third-order valence-corrected chi connectivity index (χ3v) is 3.27. The van der Waals surface area contributed by atoms with E-state index >= 15 is 0 Å². The molecule has 3 nitrogen and oxygen atoms in total. The molecule has 0 saturated heterocycles. The Morgan fingerprint density at radius 2 is 2.25 bits per heavy atom.